The number of ether oxygens (including phenoxy) is 1. The number of amides is 1. The second-order valence-corrected chi connectivity index (χ2v) is 17.9. The summed E-state index contributed by atoms with van der Waals surface area (Å²) in [4.78, 5) is 26.1. The highest BCUT2D eigenvalue weighted by Crippen LogP contribution is 2.18. The van der Waals surface area contributed by atoms with E-state index in [2.05, 4.69) is 86.8 Å². The third kappa shape index (κ3) is 44.2. The number of aliphatic hydroxyl groups is 2. The van der Waals surface area contributed by atoms with E-state index in [0.29, 0.717) is 25.7 Å². The van der Waals surface area contributed by atoms with Crippen LogP contribution in [-0.4, -0.2) is 46.9 Å². The van der Waals surface area contributed by atoms with E-state index < -0.39 is 18.2 Å². The number of rotatable bonds is 47. The number of hydrogen-bond donors (Lipinski definition) is 3. The molecule has 0 rings (SSSR count). The molecule has 0 aromatic carbocycles. The summed E-state index contributed by atoms with van der Waals surface area (Å²) in [6, 6.07) is -0.712. The van der Waals surface area contributed by atoms with Gasteiger partial charge in [0.15, 0.2) is 0 Å². The third-order valence-corrected chi connectivity index (χ3v) is 11.9. The number of aliphatic hydroxyl groups excluding tert-OH is 2. The zero-order valence-corrected chi connectivity index (χ0v) is 41.0. The molecule has 3 unspecified atom stereocenters. The van der Waals surface area contributed by atoms with Gasteiger partial charge in [-0.1, -0.05) is 242 Å². The smallest absolute Gasteiger partial charge is 0.306 e. The van der Waals surface area contributed by atoms with E-state index in [4.69, 9.17) is 4.74 Å². The van der Waals surface area contributed by atoms with Crippen molar-refractivity contribution in [1.82, 2.24) is 5.32 Å². The number of allylic oxidation sites excluding steroid dienone is 10. The minimum absolute atomic E-state index is 0.0554. The molecule has 0 heterocycles. The van der Waals surface area contributed by atoms with E-state index in [1.807, 2.05) is 0 Å². The van der Waals surface area contributed by atoms with Crippen molar-refractivity contribution in [3.8, 4) is 0 Å². The molecule has 360 valence electrons. The van der Waals surface area contributed by atoms with Crippen molar-refractivity contribution < 1.29 is 24.5 Å². The van der Waals surface area contributed by atoms with Gasteiger partial charge in [-0.15, -0.1) is 0 Å². The second kappa shape index (κ2) is 49.6. The SMILES string of the molecule is CC/C=C\C/C=C\C/C=C\C/C=C\C/C=C\CCCC(=O)OC(CCCCCCCCCCC)CC(=O)NC(CO)C(O)CCCCCCCCCCCCCCCCCCC. The van der Waals surface area contributed by atoms with Crippen LogP contribution in [-0.2, 0) is 14.3 Å². The molecule has 6 heteroatoms. The molecule has 0 radical (unpaired) electrons. The summed E-state index contributed by atoms with van der Waals surface area (Å²) in [5.41, 5.74) is 0. The van der Waals surface area contributed by atoms with Crippen molar-refractivity contribution in [3.63, 3.8) is 0 Å². The minimum Gasteiger partial charge on any atom is -0.462 e. The van der Waals surface area contributed by atoms with Crippen LogP contribution in [0.3, 0.4) is 0 Å². The Morgan fingerprint density at radius 1 is 0.484 bits per heavy atom. The van der Waals surface area contributed by atoms with Gasteiger partial charge in [-0.05, 0) is 64.2 Å². The molecule has 0 saturated carbocycles. The second-order valence-electron chi connectivity index (χ2n) is 17.9. The van der Waals surface area contributed by atoms with Gasteiger partial charge in [0, 0.05) is 6.42 Å². The third-order valence-electron chi connectivity index (χ3n) is 11.9. The van der Waals surface area contributed by atoms with Crippen molar-refractivity contribution in [2.24, 2.45) is 0 Å². The number of carbonyl (C=O) groups is 2. The molecule has 0 aromatic rings. The maximum absolute atomic E-state index is 13.2. The predicted octanol–water partition coefficient (Wildman–Crippen LogP) is 16.0. The first-order valence-electron chi connectivity index (χ1n) is 26.5. The zero-order chi connectivity index (χ0) is 45.2. The normalized spacial score (nSPS) is 13.7. The summed E-state index contributed by atoms with van der Waals surface area (Å²) in [6.07, 6.45) is 61.5. The van der Waals surface area contributed by atoms with Crippen LogP contribution in [0.25, 0.3) is 0 Å². The van der Waals surface area contributed by atoms with Crippen LogP contribution in [0.15, 0.2) is 60.8 Å². The lowest BCUT2D eigenvalue weighted by Gasteiger charge is -2.24. The van der Waals surface area contributed by atoms with Crippen molar-refractivity contribution in [1.29, 1.82) is 0 Å². The van der Waals surface area contributed by atoms with Crippen molar-refractivity contribution in [2.45, 2.75) is 277 Å². The summed E-state index contributed by atoms with van der Waals surface area (Å²) in [6.45, 7) is 6.35. The van der Waals surface area contributed by atoms with E-state index in [1.165, 1.54) is 128 Å². The van der Waals surface area contributed by atoms with Crippen LogP contribution in [0, 0.1) is 0 Å². The Kier molecular flexibility index (Phi) is 47.6. The Hall–Kier alpha value is -2.44. The lowest BCUT2D eigenvalue weighted by molar-refractivity contribution is -0.151. The van der Waals surface area contributed by atoms with Gasteiger partial charge in [0.2, 0.25) is 5.91 Å². The fourth-order valence-corrected chi connectivity index (χ4v) is 7.88. The molecule has 0 aromatic heterocycles. The van der Waals surface area contributed by atoms with Gasteiger partial charge in [0.1, 0.15) is 6.10 Å². The highest BCUT2D eigenvalue weighted by molar-refractivity contribution is 5.77. The number of esters is 1. The summed E-state index contributed by atoms with van der Waals surface area (Å²) >= 11 is 0. The molecule has 62 heavy (non-hydrogen) atoms. The Balaban J connectivity index is 4.50. The summed E-state index contributed by atoms with van der Waals surface area (Å²) in [5.74, 6) is -0.540. The molecule has 0 spiro atoms. The summed E-state index contributed by atoms with van der Waals surface area (Å²) < 4.78 is 5.89. The number of carbonyl (C=O) groups excluding carboxylic acids is 2. The monoisotopic (exact) mass is 868 g/mol. The van der Waals surface area contributed by atoms with E-state index in [0.717, 1.165) is 77.0 Å². The average molecular weight is 868 g/mol. The molecule has 0 fully saturated rings. The lowest BCUT2D eigenvalue weighted by atomic mass is 10.0. The fraction of sp³-hybridized carbons (Fsp3) is 0.786. The van der Waals surface area contributed by atoms with E-state index in [9.17, 15) is 19.8 Å². The van der Waals surface area contributed by atoms with Gasteiger partial charge >= 0.3 is 5.97 Å². The fourth-order valence-electron chi connectivity index (χ4n) is 7.88. The number of nitrogens with one attached hydrogen (secondary N) is 1. The van der Waals surface area contributed by atoms with E-state index in [-0.39, 0.29) is 24.9 Å². The average Bonchev–Trinajstić information content (AvgIpc) is 3.26. The van der Waals surface area contributed by atoms with Gasteiger partial charge in [-0.3, -0.25) is 9.59 Å². The molecule has 0 aliphatic rings. The first-order valence-corrected chi connectivity index (χ1v) is 26.5. The van der Waals surface area contributed by atoms with Gasteiger partial charge in [0.05, 0.1) is 25.2 Å². The molecule has 1 amide bonds. The van der Waals surface area contributed by atoms with Crippen molar-refractivity contribution in [2.75, 3.05) is 6.61 Å². The predicted molar refractivity (Wildman–Crippen MR) is 268 cm³/mol. The molecule has 0 saturated heterocycles. The Labute approximate surface area is 384 Å². The zero-order valence-electron chi connectivity index (χ0n) is 41.0. The molecular formula is C56H101NO5. The van der Waals surface area contributed by atoms with Crippen LogP contribution in [0.5, 0.6) is 0 Å². The molecule has 3 atom stereocenters. The summed E-state index contributed by atoms with van der Waals surface area (Å²) in [5, 5.41) is 23.8. The van der Waals surface area contributed by atoms with Gasteiger partial charge in [-0.25, -0.2) is 0 Å². The molecule has 3 N–H and O–H groups in total. The maximum atomic E-state index is 13.2. The molecule has 0 bridgehead atoms. The first kappa shape index (κ1) is 59.6. The lowest BCUT2D eigenvalue weighted by Crippen LogP contribution is -2.46. The highest BCUT2D eigenvalue weighted by Gasteiger charge is 2.24. The molecule has 0 aliphatic carbocycles. The van der Waals surface area contributed by atoms with Crippen LogP contribution in [0.2, 0.25) is 0 Å². The maximum Gasteiger partial charge on any atom is 0.306 e. The Bertz CT molecular complexity index is 1110. The van der Waals surface area contributed by atoms with Crippen LogP contribution in [0.1, 0.15) is 258 Å². The van der Waals surface area contributed by atoms with Gasteiger partial charge in [0.25, 0.3) is 0 Å². The number of unbranched alkanes of at least 4 members (excludes halogenated alkanes) is 25. The highest BCUT2D eigenvalue weighted by atomic mass is 16.5. The topological polar surface area (TPSA) is 95.9 Å². The van der Waals surface area contributed by atoms with Gasteiger partial charge in [-0.2, -0.15) is 0 Å². The quantitative estimate of drug-likeness (QED) is 0.0322. The van der Waals surface area contributed by atoms with Crippen LogP contribution < -0.4 is 5.32 Å². The van der Waals surface area contributed by atoms with Crippen molar-refractivity contribution >= 4 is 11.9 Å². The number of hydrogen-bond acceptors (Lipinski definition) is 5. The Morgan fingerprint density at radius 2 is 0.855 bits per heavy atom. The first-order chi connectivity index (χ1) is 30.5. The Morgan fingerprint density at radius 3 is 1.26 bits per heavy atom. The largest absolute Gasteiger partial charge is 0.462 e. The summed E-state index contributed by atoms with van der Waals surface area (Å²) in [7, 11) is 0. The van der Waals surface area contributed by atoms with E-state index >= 15 is 0 Å². The van der Waals surface area contributed by atoms with Crippen LogP contribution >= 0.6 is 0 Å². The molecular weight excluding hydrogens is 767 g/mol. The van der Waals surface area contributed by atoms with E-state index in [1.54, 1.807) is 0 Å². The molecule has 0 aliphatic heterocycles. The minimum atomic E-state index is -0.797. The molecule has 6 nitrogen and oxygen atoms in total. The van der Waals surface area contributed by atoms with Crippen LogP contribution in [0.4, 0.5) is 0 Å². The van der Waals surface area contributed by atoms with Crippen molar-refractivity contribution in [3.05, 3.63) is 60.8 Å². The standard InChI is InChI=1S/C56H101NO5/c1-4-7-10-13-16-19-21-23-25-27-29-31-33-36-39-42-45-48-54(59)53(51-58)57-55(60)50-52(47-44-41-38-35-18-15-12-9-6-3)62-56(61)49-46-43-40-37-34-32-30-28-26-24-22-20-17-14-11-8-5-2/h8,11,17,20,24,26,30,32,37,40,52-54,58-59H,4-7,9-10,12-16,18-19,21-23,25,27-29,31,33-36,38-39,41-51H2,1-3H3,(H,57,60)/b11-8-,20-17-,26-24-,32-30-,40-37-. The van der Waals surface area contributed by atoms with Gasteiger partial charge < -0.3 is 20.3 Å².